The first-order valence-corrected chi connectivity index (χ1v) is 6.49. The Morgan fingerprint density at radius 1 is 1.44 bits per heavy atom. The summed E-state index contributed by atoms with van der Waals surface area (Å²) in [6.45, 7) is 4.55. The highest BCUT2D eigenvalue weighted by atomic mass is 35.5. The topological polar surface area (TPSA) is 32.3 Å². The molecule has 0 aliphatic carbocycles. The van der Waals surface area contributed by atoms with Gasteiger partial charge in [0.05, 0.1) is 0 Å². The van der Waals surface area contributed by atoms with Crippen molar-refractivity contribution in [3.05, 3.63) is 40.9 Å². The molecule has 1 aliphatic heterocycles. The van der Waals surface area contributed by atoms with Crippen molar-refractivity contribution >= 4 is 23.6 Å². The van der Waals surface area contributed by atoms with Crippen molar-refractivity contribution in [3.8, 4) is 0 Å². The summed E-state index contributed by atoms with van der Waals surface area (Å²) in [7, 11) is 0. The molecule has 0 aromatic heterocycles. The summed E-state index contributed by atoms with van der Waals surface area (Å²) >= 11 is 5.81. The van der Waals surface area contributed by atoms with Gasteiger partial charge in [0.25, 0.3) is 0 Å². The molecule has 0 unspecified atom stereocenters. The number of carbonyl (C=O) groups is 1. The molecule has 1 heterocycles. The number of amides is 1. The van der Waals surface area contributed by atoms with Gasteiger partial charge in [0.2, 0.25) is 5.91 Å². The summed E-state index contributed by atoms with van der Waals surface area (Å²) < 4.78 is 0. The number of carbonyl (C=O) groups excluding carboxylic acids is 1. The van der Waals surface area contributed by atoms with Crippen LogP contribution in [-0.4, -0.2) is 36.5 Å². The lowest BCUT2D eigenvalue weighted by molar-refractivity contribution is -0.128. The van der Waals surface area contributed by atoms with Gasteiger partial charge in [-0.25, -0.2) is 0 Å². The predicted octanol–water partition coefficient (Wildman–Crippen LogP) is 2.17. The van der Waals surface area contributed by atoms with Crippen LogP contribution in [0.3, 0.4) is 0 Å². The van der Waals surface area contributed by atoms with Crippen LogP contribution in [-0.2, 0) is 4.79 Å². The molecular formula is C14H17ClN2O. The zero-order valence-corrected chi connectivity index (χ0v) is 11.2. The molecule has 2 rings (SSSR count). The van der Waals surface area contributed by atoms with Crippen molar-refractivity contribution in [1.29, 1.82) is 0 Å². The Morgan fingerprint density at radius 3 is 2.83 bits per heavy atom. The maximum absolute atomic E-state index is 12.0. The van der Waals surface area contributed by atoms with Crippen LogP contribution in [0, 0.1) is 0 Å². The second-order valence-corrected chi connectivity index (χ2v) is 4.91. The van der Waals surface area contributed by atoms with Gasteiger partial charge in [0.15, 0.2) is 0 Å². The number of piperazine rings is 1. The van der Waals surface area contributed by atoms with E-state index >= 15 is 0 Å². The van der Waals surface area contributed by atoms with E-state index in [4.69, 9.17) is 11.6 Å². The third kappa shape index (κ3) is 3.34. The van der Waals surface area contributed by atoms with Gasteiger partial charge in [-0.3, -0.25) is 4.79 Å². The van der Waals surface area contributed by atoms with E-state index < -0.39 is 0 Å². The van der Waals surface area contributed by atoms with Crippen molar-refractivity contribution in [2.45, 2.75) is 13.0 Å². The van der Waals surface area contributed by atoms with Crippen LogP contribution in [0.1, 0.15) is 12.5 Å². The van der Waals surface area contributed by atoms with Gasteiger partial charge in [0.1, 0.15) is 0 Å². The molecule has 1 atom stereocenters. The molecule has 96 valence electrons. The molecule has 1 aromatic carbocycles. The molecular weight excluding hydrogens is 248 g/mol. The minimum atomic E-state index is 0.0685. The van der Waals surface area contributed by atoms with Crippen LogP contribution in [0.4, 0.5) is 0 Å². The van der Waals surface area contributed by atoms with E-state index in [1.165, 1.54) is 0 Å². The summed E-state index contributed by atoms with van der Waals surface area (Å²) in [5, 5.41) is 3.97. The number of halogens is 1. The van der Waals surface area contributed by atoms with E-state index in [9.17, 15) is 4.79 Å². The second kappa shape index (κ2) is 6.03. The van der Waals surface area contributed by atoms with Gasteiger partial charge in [-0.1, -0.05) is 23.7 Å². The lowest BCUT2D eigenvalue weighted by atomic mass is 10.2. The van der Waals surface area contributed by atoms with E-state index in [0.29, 0.717) is 5.02 Å². The monoisotopic (exact) mass is 264 g/mol. The van der Waals surface area contributed by atoms with Crippen molar-refractivity contribution in [3.63, 3.8) is 0 Å². The first kappa shape index (κ1) is 13.1. The van der Waals surface area contributed by atoms with Crippen LogP contribution >= 0.6 is 11.6 Å². The molecule has 3 nitrogen and oxygen atoms in total. The Labute approximate surface area is 112 Å². The van der Waals surface area contributed by atoms with E-state index in [0.717, 1.165) is 25.2 Å². The molecule has 1 fully saturated rings. The van der Waals surface area contributed by atoms with Crippen molar-refractivity contribution in [1.82, 2.24) is 10.2 Å². The SMILES string of the molecule is C[C@@H]1CNCCN1C(=O)/C=C/c1ccc(Cl)cc1. The van der Waals surface area contributed by atoms with Crippen LogP contribution in [0.5, 0.6) is 0 Å². The highest BCUT2D eigenvalue weighted by Crippen LogP contribution is 2.11. The van der Waals surface area contributed by atoms with Gasteiger partial charge in [0, 0.05) is 36.8 Å². The number of rotatable bonds is 2. The minimum absolute atomic E-state index is 0.0685. The quantitative estimate of drug-likeness (QED) is 0.831. The van der Waals surface area contributed by atoms with Gasteiger partial charge in [-0.2, -0.15) is 0 Å². The van der Waals surface area contributed by atoms with Crippen molar-refractivity contribution < 1.29 is 4.79 Å². The van der Waals surface area contributed by atoms with Crippen LogP contribution < -0.4 is 5.32 Å². The van der Waals surface area contributed by atoms with Gasteiger partial charge < -0.3 is 10.2 Å². The molecule has 1 aromatic rings. The number of hydrogen-bond acceptors (Lipinski definition) is 2. The van der Waals surface area contributed by atoms with Crippen LogP contribution in [0.15, 0.2) is 30.3 Å². The summed E-state index contributed by atoms with van der Waals surface area (Å²) in [6.07, 6.45) is 3.46. The fourth-order valence-corrected chi connectivity index (χ4v) is 2.13. The lowest BCUT2D eigenvalue weighted by Gasteiger charge is -2.33. The second-order valence-electron chi connectivity index (χ2n) is 4.47. The normalized spacial score (nSPS) is 20.3. The fraction of sp³-hybridized carbons (Fsp3) is 0.357. The third-order valence-corrected chi connectivity index (χ3v) is 3.32. The largest absolute Gasteiger partial charge is 0.334 e. The first-order valence-electron chi connectivity index (χ1n) is 6.12. The van der Waals surface area contributed by atoms with Crippen LogP contribution in [0.2, 0.25) is 5.02 Å². The molecule has 1 aliphatic rings. The number of nitrogens with one attached hydrogen (secondary N) is 1. The molecule has 1 saturated heterocycles. The molecule has 1 N–H and O–H groups in total. The van der Waals surface area contributed by atoms with Crippen LogP contribution in [0.25, 0.3) is 6.08 Å². The van der Waals surface area contributed by atoms with Gasteiger partial charge >= 0.3 is 0 Å². The Morgan fingerprint density at radius 2 is 2.17 bits per heavy atom. The highest BCUT2D eigenvalue weighted by molar-refractivity contribution is 6.30. The van der Waals surface area contributed by atoms with E-state index in [1.54, 1.807) is 6.08 Å². The number of nitrogens with zero attached hydrogens (tertiary/aromatic N) is 1. The molecule has 0 saturated carbocycles. The average molecular weight is 265 g/mol. The van der Waals surface area contributed by atoms with Crippen molar-refractivity contribution in [2.24, 2.45) is 0 Å². The fourth-order valence-electron chi connectivity index (χ4n) is 2.01. The van der Waals surface area contributed by atoms with Gasteiger partial charge in [-0.15, -0.1) is 0 Å². The van der Waals surface area contributed by atoms with E-state index in [2.05, 4.69) is 12.2 Å². The maximum Gasteiger partial charge on any atom is 0.246 e. The predicted molar refractivity (Wildman–Crippen MR) is 74.5 cm³/mol. The lowest BCUT2D eigenvalue weighted by Crippen LogP contribution is -2.51. The summed E-state index contributed by atoms with van der Waals surface area (Å²) in [4.78, 5) is 13.9. The average Bonchev–Trinajstić information content (AvgIpc) is 2.38. The summed E-state index contributed by atoms with van der Waals surface area (Å²) in [6, 6.07) is 7.68. The Bertz CT molecular complexity index is 442. The standard InChI is InChI=1S/C14H17ClN2O/c1-11-10-16-8-9-17(11)14(18)7-4-12-2-5-13(15)6-3-12/h2-7,11,16H,8-10H2,1H3/b7-4+/t11-/m1/s1. The minimum Gasteiger partial charge on any atom is -0.334 e. The third-order valence-electron chi connectivity index (χ3n) is 3.07. The molecule has 0 radical (unpaired) electrons. The smallest absolute Gasteiger partial charge is 0.246 e. The summed E-state index contributed by atoms with van der Waals surface area (Å²) in [5.41, 5.74) is 0.982. The van der Waals surface area contributed by atoms with Gasteiger partial charge in [-0.05, 0) is 30.7 Å². The number of hydrogen-bond donors (Lipinski definition) is 1. The zero-order valence-electron chi connectivity index (χ0n) is 10.4. The Balaban J connectivity index is 1.99. The Kier molecular flexibility index (Phi) is 4.39. The van der Waals surface area contributed by atoms with E-state index in [1.807, 2.05) is 35.2 Å². The van der Waals surface area contributed by atoms with Crippen molar-refractivity contribution in [2.75, 3.05) is 19.6 Å². The zero-order chi connectivity index (χ0) is 13.0. The summed E-state index contributed by atoms with van der Waals surface area (Å²) in [5.74, 6) is 0.0685. The molecule has 18 heavy (non-hydrogen) atoms. The maximum atomic E-state index is 12.0. The molecule has 4 heteroatoms. The highest BCUT2D eigenvalue weighted by Gasteiger charge is 2.20. The Hall–Kier alpha value is -1.32. The molecule has 0 spiro atoms. The number of benzene rings is 1. The molecule has 1 amide bonds. The van der Waals surface area contributed by atoms with E-state index in [-0.39, 0.29) is 11.9 Å². The first-order chi connectivity index (χ1) is 8.66. The molecule has 0 bridgehead atoms.